The van der Waals surface area contributed by atoms with E-state index in [1.165, 1.54) is 0 Å². The van der Waals surface area contributed by atoms with Crippen molar-refractivity contribution in [2.24, 2.45) is 17.6 Å². The number of nitrogens with zero attached hydrogens (tertiary/aromatic N) is 3. The Morgan fingerprint density at radius 2 is 1.97 bits per heavy atom. The maximum Gasteiger partial charge on any atom is 0.309 e. The first-order valence-corrected chi connectivity index (χ1v) is 10.0. The minimum atomic E-state index is -0.618. The molecule has 2 unspecified atom stereocenters. The SMILES string of the molecule is CC(C)(C)OC(=O)C1CCC(C#N)[C@@H](n2cc(C(N)=O)c(Nc3ccccc3)n2)C1. The van der Waals surface area contributed by atoms with E-state index in [1.807, 2.05) is 51.1 Å². The highest BCUT2D eigenvalue weighted by atomic mass is 16.6. The van der Waals surface area contributed by atoms with Crippen LogP contribution in [0, 0.1) is 23.2 Å². The molecule has 30 heavy (non-hydrogen) atoms. The van der Waals surface area contributed by atoms with E-state index in [0.717, 1.165) is 5.69 Å². The van der Waals surface area contributed by atoms with Crippen molar-refractivity contribution in [1.82, 2.24) is 9.78 Å². The van der Waals surface area contributed by atoms with Crippen molar-refractivity contribution in [3.63, 3.8) is 0 Å². The van der Waals surface area contributed by atoms with E-state index < -0.39 is 11.5 Å². The number of benzene rings is 1. The van der Waals surface area contributed by atoms with Gasteiger partial charge in [-0.2, -0.15) is 10.4 Å². The molecule has 1 saturated carbocycles. The van der Waals surface area contributed by atoms with Gasteiger partial charge in [0.15, 0.2) is 5.82 Å². The molecule has 1 amide bonds. The van der Waals surface area contributed by atoms with E-state index in [9.17, 15) is 14.9 Å². The third-order valence-corrected chi connectivity index (χ3v) is 5.10. The molecule has 1 aliphatic rings. The normalized spacial score (nSPS) is 21.5. The molecule has 1 fully saturated rings. The Morgan fingerprint density at radius 1 is 1.27 bits per heavy atom. The number of esters is 1. The standard InChI is InChI=1S/C22H27N5O3/c1-22(2,3)30-21(29)14-9-10-15(12-23)18(11-14)27-13-17(19(24)28)20(26-27)25-16-7-5-4-6-8-16/h4-8,13-15,18H,9-11H2,1-3H3,(H2,24,28)(H,25,26)/t14?,15?,18-/m0/s1. The van der Waals surface area contributed by atoms with Crippen LogP contribution in [0.25, 0.3) is 0 Å². The molecule has 158 valence electrons. The number of hydrogen-bond donors (Lipinski definition) is 2. The van der Waals surface area contributed by atoms with Crippen LogP contribution < -0.4 is 11.1 Å². The zero-order valence-electron chi connectivity index (χ0n) is 17.5. The summed E-state index contributed by atoms with van der Waals surface area (Å²) in [5.74, 6) is -1.22. The van der Waals surface area contributed by atoms with E-state index in [0.29, 0.717) is 25.1 Å². The van der Waals surface area contributed by atoms with Crippen LogP contribution in [0.1, 0.15) is 56.4 Å². The summed E-state index contributed by atoms with van der Waals surface area (Å²) in [5.41, 5.74) is 5.97. The predicted octanol–water partition coefficient (Wildman–Crippen LogP) is 3.55. The molecule has 1 heterocycles. The fraction of sp³-hybridized carbons (Fsp3) is 0.455. The Labute approximate surface area is 176 Å². The molecule has 8 heteroatoms. The lowest BCUT2D eigenvalue weighted by Gasteiger charge is -2.33. The number of hydrogen-bond acceptors (Lipinski definition) is 6. The first-order chi connectivity index (χ1) is 14.2. The van der Waals surface area contributed by atoms with Gasteiger partial charge in [-0.1, -0.05) is 18.2 Å². The molecule has 0 aliphatic heterocycles. The summed E-state index contributed by atoms with van der Waals surface area (Å²) in [4.78, 5) is 24.6. The number of aromatic nitrogens is 2. The highest BCUT2D eigenvalue weighted by Crippen LogP contribution is 2.38. The Kier molecular flexibility index (Phi) is 6.11. The predicted molar refractivity (Wildman–Crippen MR) is 112 cm³/mol. The molecule has 0 spiro atoms. The number of carbonyl (C=O) groups excluding carboxylic acids is 2. The van der Waals surface area contributed by atoms with Gasteiger partial charge in [0.1, 0.15) is 11.2 Å². The molecule has 2 aromatic rings. The largest absolute Gasteiger partial charge is 0.460 e. The lowest BCUT2D eigenvalue weighted by Crippen LogP contribution is -2.35. The fourth-order valence-electron chi connectivity index (χ4n) is 3.68. The van der Waals surface area contributed by atoms with Crippen molar-refractivity contribution < 1.29 is 14.3 Å². The molecule has 3 N–H and O–H groups in total. The Balaban J connectivity index is 1.88. The third kappa shape index (κ3) is 4.98. The first-order valence-electron chi connectivity index (χ1n) is 10.0. The maximum absolute atomic E-state index is 12.6. The third-order valence-electron chi connectivity index (χ3n) is 5.10. The molecule has 0 saturated heterocycles. The van der Waals surface area contributed by atoms with Crippen LogP contribution in [0.4, 0.5) is 11.5 Å². The summed E-state index contributed by atoms with van der Waals surface area (Å²) in [6, 6.07) is 11.3. The zero-order valence-corrected chi connectivity index (χ0v) is 17.5. The smallest absolute Gasteiger partial charge is 0.309 e. The van der Waals surface area contributed by atoms with E-state index in [4.69, 9.17) is 10.5 Å². The van der Waals surface area contributed by atoms with Crippen molar-refractivity contribution in [2.45, 2.75) is 51.7 Å². The van der Waals surface area contributed by atoms with Gasteiger partial charge in [0.25, 0.3) is 5.91 Å². The Morgan fingerprint density at radius 3 is 2.57 bits per heavy atom. The van der Waals surface area contributed by atoms with E-state index in [-0.39, 0.29) is 29.4 Å². The number of nitrogens with one attached hydrogen (secondary N) is 1. The Hall–Kier alpha value is -3.34. The summed E-state index contributed by atoms with van der Waals surface area (Å²) in [6.45, 7) is 5.49. The molecule has 3 atom stereocenters. The number of nitrogens with two attached hydrogens (primary N) is 1. The van der Waals surface area contributed by atoms with Gasteiger partial charge >= 0.3 is 5.97 Å². The number of anilines is 2. The van der Waals surface area contributed by atoms with Crippen LogP contribution in [0.3, 0.4) is 0 Å². The molecular formula is C22H27N5O3. The van der Waals surface area contributed by atoms with E-state index in [2.05, 4.69) is 16.5 Å². The van der Waals surface area contributed by atoms with E-state index >= 15 is 0 Å². The highest BCUT2D eigenvalue weighted by molar-refractivity contribution is 5.98. The van der Waals surface area contributed by atoms with Gasteiger partial charge in [-0.15, -0.1) is 0 Å². The molecule has 8 nitrogen and oxygen atoms in total. The second kappa shape index (κ2) is 8.57. The van der Waals surface area contributed by atoms with E-state index in [1.54, 1.807) is 10.9 Å². The topological polar surface area (TPSA) is 123 Å². The van der Waals surface area contributed by atoms with Crippen LogP contribution in [-0.2, 0) is 9.53 Å². The van der Waals surface area contributed by atoms with Crippen molar-refractivity contribution in [1.29, 1.82) is 5.26 Å². The van der Waals surface area contributed by atoms with Crippen molar-refractivity contribution in [2.75, 3.05) is 5.32 Å². The monoisotopic (exact) mass is 409 g/mol. The number of nitriles is 1. The maximum atomic E-state index is 12.6. The van der Waals surface area contributed by atoms with Crippen LogP contribution in [0.2, 0.25) is 0 Å². The van der Waals surface area contributed by atoms with Gasteiger partial charge in [0, 0.05) is 11.9 Å². The minimum Gasteiger partial charge on any atom is -0.460 e. The van der Waals surface area contributed by atoms with Gasteiger partial charge in [0.2, 0.25) is 0 Å². The number of carbonyl (C=O) groups is 2. The average Bonchev–Trinajstić information content (AvgIpc) is 3.11. The quantitative estimate of drug-likeness (QED) is 0.728. The van der Waals surface area contributed by atoms with Gasteiger partial charge < -0.3 is 15.8 Å². The van der Waals surface area contributed by atoms with Crippen molar-refractivity contribution in [3.05, 3.63) is 42.1 Å². The highest BCUT2D eigenvalue weighted by Gasteiger charge is 2.38. The number of amides is 1. The second-order valence-corrected chi connectivity index (χ2v) is 8.57. The summed E-state index contributed by atoms with van der Waals surface area (Å²) in [5, 5.41) is 17.3. The van der Waals surface area contributed by atoms with Crippen molar-refractivity contribution in [3.8, 4) is 6.07 Å². The molecule has 1 aliphatic carbocycles. The summed E-state index contributed by atoms with van der Waals surface area (Å²) < 4.78 is 7.13. The minimum absolute atomic E-state index is 0.231. The lowest BCUT2D eigenvalue weighted by atomic mass is 9.79. The number of ether oxygens (including phenoxy) is 1. The molecule has 0 radical (unpaired) electrons. The fourth-order valence-corrected chi connectivity index (χ4v) is 3.68. The number of rotatable bonds is 5. The first kappa shape index (κ1) is 21.4. The summed E-state index contributed by atoms with van der Waals surface area (Å²) in [7, 11) is 0. The summed E-state index contributed by atoms with van der Waals surface area (Å²) in [6.07, 6.45) is 3.11. The van der Waals surface area contributed by atoms with Gasteiger partial charge in [-0.3, -0.25) is 14.3 Å². The Bertz CT molecular complexity index is 955. The second-order valence-electron chi connectivity index (χ2n) is 8.57. The zero-order chi connectivity index (χ0) is 21.9. The van der Waals surface area contributed by atoms with Gasteiger partial charge in [-0.05, 0) is 52.2 Å². The summed E-state index contributed by atoms with van der Waals surface area (Å²) >= 11 is 0. The van der Waals surface area contributed by atoms with Crippen LogP contribution in [-0.4, -0.2) is 27.3 Å². The molecule has 1 aromatic heterocycles. The van der Waals surface area contributed by atoms with Crippen molar-refractivity contribution >= 4 is 23.4 Å². The lowest BCUT2D eigenvalue weighted by molar-refractivity contribution is -0.161. The van der Waals surface area contributed by atoms with Crippen LogP contribution >= 0.6 is 0 Å². The van der Waals surface area contributed by atoms with Crippen LogP contribution in [0.15, 0.2) is 36.5 Å². The molecule has 0 bridgehead atoms. The molecule has 3 rings (SSSR count). The van der Waals surface area contributed by atoms with Gasteiger partial charge in [0.05, 0.1) is 23.9 Å². The molecule has 1 aromatic carbocycles. The number of primary amides is 1. The average molecular weight is 409 g/mol. The van der Waals surface area contributed by atoms with Crippen LogP contribution in [0.5, 0.6) is 0 Å². The van der Waals surface area contributed by atoms with Gasteiger partial charge in [-0.25, -0.2) is 0 Å². The number of para-hydroxylation sites is 1. The molecular weight excluding hydrogens is 382 g/mol.